The predicted octanol–water partition coefficient (Wildman–Crippen LogP) is 4.10. The summed E-state index contributed by atoms with van der Waals surface area (Å²) < 4.78 is 20.0. The largest absolute Gasteiger partial charge is 0.496 e. The molecule has 2 unspecified atom stereocenters. The molecule has 5 nitrogen and oxygen atoms in total. The minimum Gasteiger partial charge on any atom is -0.496 e. The van der Waals surface area contributed by atoms with Crippen LogP contribution in [-0.4, -0.2) is 36.9 Å². The Kier molecular flexibility index (Phi) is 5.33. The number of rotatable bonds is 4. The van der Waals surface area contributed by atoms with Crippen molar-refractivity contribution >= 4 is 23.1 Å². The zero-order valence-corrected chi connectivity index (χ0v) is 17.4. The van der Waals surface area contributed by atoms with Gasteiger partial charge in [0.25, 0.3) is 11.8 Å². The van der Waals surface area contributed by atoms with Crippen molar-refractivity contribution in [2.24, 2.45) is 11.8 Å². The Balaban J connectivity index is 1.89. The monoisotopic (exact) mass is 408 g/mol. The molecule has 0 aromatic heterocycles. The van der Waals surface area contributed by atoms with E-state index in [1.54, 1.807) is 24.3 Å². The highest BCUT2D eigenvalue weighted by atomic mass is 19.1. The molecule has 6 heteroatoms. The standard InChI is InChI=1S/C24H25FN2O3/c1-15-12-16(2)14-26(13-15)22-21(17-8-4-7-11-20(17)30-3)23(28)27(24(22)29)19-10-6-5-9-18(19)25/h4-11,15-16H,12-14H2,1-3H3. The molecule has 4 rings (SSSR count). The van der Waals surface area contributed by atoms with E-state index in [0.29, 0.717) is 41.9 Å². The van der Waals surface area contributed by atoms with E-state index in [-0.39, 0.29) is 11.3 Å². The molecule has 2 heterocycles. The molecule has 2 aliphatic heterocycles. The van der Waals surface area contributed by atoms with Gasteiger partial charge in [0.1, 0.15) is 17.3 Å². The number of hydrogen-bond acceptors (Lipinski definition) is 4. The van der Waals surface area contributed by atoms with Crippen molar-refractivity contribution in [3.05, 3.63) is 65.6 Å². The third-order valence-corrected chi connectivity index (χ3v) is 5.71. The number of ether oxygens (including phenoxy) is 1. The number of hydrogen-bond donors (Lipinski definition) is 0. The molecule has 30 heavy (non-hydrogen) atoms. The zero-order valence-electron chi connectivity index (χ0n) is 17.4. The number of likely N-dealkylation sites (tertiary alicyclic amines) is 1. The van der Waals surface area contributed by atoms with E-state index in [1.807, 2.05) is 11.0 Å². The van der Waals surface area contributed by atoms with Crippen LogP contribution in [0.2, 0.25) is 0 Å². The van der Waals surface area contributed by atoms with Gasteiger partial charge in [0, 0.05) is 18.7 Å². The van der Waals surface area contributed by atoms with Crippen LogP contribution in [0.25, 0.3) is 5.57 Å². The van der Waals surface area contributed by atoms with Crippen LogP contribution in [0.15, 0.2) is 54.2 Å². The predicted molar refractivity (Wildman–Crippen MR) is 113 cm³/mol. The van der Waals surface area contributed by atoms with Gasteiger partial charge in [-0.25, -0.2) is 9.29 Å². The molecule has 2 aromatic carbocycles. The van der Waals surface area contributed by atoms with Crippen molar-refractivity contribution in [3.8, 4) is 5.75 Å². The molecule has 1 saturated heterocycles. The molecule has 156 valence electrons. The highest BCUT2D eigenvalue weighted by Gasteiger charge is 2.45. The van der Waals surface area contributed by atoms with Gasteiger partial charge in [0.05, 0.1) is 18.4 Å². The van der Waals surface area contributed by atoms with Crippen LogP contribution in [0.3, 0.4) is 0 Å². The van der Waals surface area contributed by atoms with Crippen molar-refractivity contribution in [2.45, 2.75) is 20.3 Å². The number of carbonyl (C=O) groups is 2. The number of nitrogens with zero attached hydrogens (tertiary/aromatic N) is 2. The normalized spacial score (nSPS) is 22.1. The molecule has 0 spiro atoms. The summed E-state index contributed by atoms with van der Waals surface area (Å²) >= 11 is 0. The van der Waals surface area contributed by atoms with E-state index in [2.05, 4.69) is 13.8 Å². The number of carbonyl (C=O) groups excluding carboxylic acids is 2. The summed E-state index contributed by atoms with van der Waals surface area (Å²) in [5, 5.41) is 0. The molecule has 0 aliphatic carbocycles. The summed E-state index contributed by atoms with van der Waals surface area (Å²) in [7, 11) is 1.53. The van der Waals surface area contributed by atoms with Crippen molar-refractivity contribution in [1.29, 1.82) is 0 Å². The van der Waals surface area contributed by atoms with Gasteiger partial charge in [-0.3, -0.25) is 9.59 Å². The number of methoxy groups -OCH3 is 1. The molecule has 0 radical (unpaired) electrons. The summed E-state index contributed by atoms with van der Waals surface area (Å²) in [6, 6.07) is 13.0. The zero-order chi connectivity index (χ0) is 21.4. The smallest absolute Gasteiger partial charge is 0.282 e. The van der Waals surface area contributed by atoms with Crippen molar-refractivity contribution < 1.29 is 18.7 Å². The van der Waals surface area contributed by atoms with Crippen LogP contribution in [0, 0.1) is 17.7 Å². The first-order chi connectivity index (χ1) is 14.4. The quantitative estimate of drug-likeness (QED) is 0.715. The fourth-order valence-corrected chi connectivity index (χ4v) is 4.60. The van der Waals surface area contributed by atoms with Gasteiger partial charge in [-0.15, -0.1) is 0 Å². The minimum atomic E-state index is -0.611. The highest BCUT2D eigenvalue weighted by Crippen LogP contribution is 2.40. The maximum Gasteiger partial charge on any atom is 0.282 e. The molecule has 2 amide bonds. The second-order valence-electron chi connectivity index (χ2n) is 8.17. The van der Waals surface area contributed by atoms with Crippen LogP contribution in [0.1, 0.15) is 25.8 Å². The van der Waals surface area contributed by atoms with E-state index in [9.17, 15) is 14.0 Å². The van der Waals surface area contributed by atoms with Crippen LogP contribution >= 0.6 is 0 Å². The lowest BCUT2D eigenvalue weighted by Gasteiger charge is -2.37. The molecular formula is C24H25FN2O3. The third-order valence-electron chi connectivity index (χ3n) is 5.71. The van der Waals surface area contributed by atoms with Gasteiger partial charge in [0.15, 0.2) is 0 Å². The Morgan fingerprint density at radius 2 is 1.57 bits per heavy atom. The summed E-state index contributed by atoms with van der Waals surface area (Å²) in [6.07, 6.45) is 1.06. The van der Waals surface area contributed by atoms with Crippen molar-refractivity contribution in [3.63, 3.8) is 0 Å². The van der Waals surface area contributed by atoms with Gasteiger partial charge in [-0.2, -0.15) is 0 Å². The van der Waals surface area contributed by atoms with Crippen LogP contribution in [0.4, 0.5) is 10.1 Å². The van der Waals surface area contributed by atoms with Crippen molar-refractivity contribution in [1.82, 2.24) is 4.90 Å². The van der Waals surface area contributed by atoms with Gasteiger partial charge >= 0.3 is 0 Å². The molecule has 0 saturated carbocycles. The van der Waals surface area contributed by atoms with Gasteiger partial charge in [-0.1, -0.05) is 44.2 Å². The summed E-state index contributed by atoms with van der Waals surface area (Å²) in [6.45, 7) is 5.62. The first-order valence-electron chi connectivity index (χ1n) is 10.2. The van der Waals surface area contributed by atoms with E-state index < -0.39 is 17.6 Å². The molecule has 0 N–H and O–H groups in total. The van der Waals surface area contributed by atoms with E-state index >= 15 is 0 Å². The van der Waals surface area contributed by atoms with Gasteiger partial charge in [0.2, 0.25) is 0 Å². The number of halogens is 1. The van der Waals surface area contributed by atoms with Gasteiger partial charge < -0.3 is 9.64 Å². The number of anilines is 1. The Morgan fingerprint density at radius 3 is 2.23 bits per heavy atom. The average molecular weight is 408 g/mol. The molecule has 2 atom stereocenters. The molecule has 2 aromatic rings. The number of amides is 2. The Bertz CT molecular complexity index is 1020. The number of benzene rings is 2. The van der Waals surface area contributed by atoms with E-state index in [0.717, 1.165) is 11.3 Å². The highest BCUT2D eigenvalue weighted by molar-refractivity contribution is 6.45. The van der Waals surface area contributed by atoms with E-state index in [4.69, 9.17) is 4.74 Å². The Hall–Kier alpha value is -3.15. The lowest BCUT2D eigenvalue weighted by molar-refractivity contribution is -0.121. The number of para-hydroxylation sites is 2. The molecule has 2 aliphatic rings. The molecule has 0 bridgehead atoms. The van der Waals surface area contributed by atoms with Crippen LogP contribution in [0.5, 0.6) is 5.75 Å². The first kappa shape index (κ1) is 20.1. The average Bonchev–Trinajstić information content (AvgIpc) is 2.98. The fraction of sp³-hybridized carbons (Fsp3) is 0.333. The lowest BCUT2D eigenvalue weighted by atomic mass is 9.91. The summed E-state index contributed by atoms with van der Waals surface area (Å²) in [5.41, 5.74) is 1.10. The molecular weight excluding hydrogens is 383 g/mol. The van der Waals surface area contributed by atoms with Crippen molar-refractivity contribution in [2.75, 3.05) is 25.1 Å². The van der Waals surface area contributed by atoms with Gasteiger partial charge in [-0.05, 0) is 36.5 Å². The van der Waals surface area contributed by atoms with Crippen LogP contribution in [-0.2, 0) is 9.59 Å². The molecule has 1 fully saturated rings. The maximum absolute atomic E-state index is 14.6. The summed E-state index contributed by atoms with van der Waals surface area (Å²) in [5.74, 6) is -0.376. The second-order valence-corrected chi connectivity index (χ2v) is 8.17. The topological polar surface area (TPSA) is 49.9 Å². The maximum atomic E-state index is 14.6. The number of imide groups is 1. The lowest BCUT2D eigenvalue weighted by Crippen LogP contribution is -2.42. The second kappa shape index (κ2) is 7.94. The number of piperidine rings is 1. The summed E-state index contributed by atoms with van der Waals surface area (Å²) in [4.78, 5) is 30.1. The van der Waals surface area contributed by atoms with Crippen LogP contribution < -0.4 is 9.64 Å². The minimum absolute atomic E-state index is 0.0343. The first-order valence-corrected chi connectivity index (χ1v) is 10.2. The third kappa shape index (κ3) is 3.36. The Morgan fingerprint density at radius 1 is 0.933 bits per heavy atom. The van der Waals surface area contributed by atoms with E-state index in [1.165, 1.54) is 25.3 Å². The fourth-order valence-electron chi connectivity index (χ4n) is 4.60. The Labute approximate surface area is 175 Å². The SMILES string of the molecule is COc1ccccc1C1=C(N2CC(C)CC(C)C2)C(=O)N(c2ccccc2F)C1=O.